The van der Waals surface area contributed by atoms with E-state index in [9.17, 15) is 9.59 Å². The molecule has 1 aromatic carbocycles. The number of nitrogens with zero attached hydrogens (tertiary/aromatic N) is 1. The van der Waals surface area contributed by atoms with Crippen molar-refractivity contribution in [3.8, 4) is 0 Å². The van der Waals surface area contributed by atoms with Crippen molar-refractivity contribution in [2.45, 2.75) is 26.8 Å². The number of carbonyl (C=O) groups is 2. The van der Waals surface area contributed by atoms with Crippen LogP contribution in [0.4, 0.5) is 0 Å². The molecule has 1 aromatic heterocycles. The Morgan fingerprint density at radius 2 is 2.00 bits per heavy atom. The summed E-state index contributed by atoms with van der Waals surface area (Å²) >= 11 is 0. The smallest absolute Gasteiger partial charge is 0.323 e. The molecule has 0 fully saturated rings. The lowest BCUT2D eigenvalue weighted by molar-refractivity contribution is -0.137. The quantitative estimate of drug-likeness (QED) is 0.897. The van der Waals surface area contributed by atoms with Gasteiger partial charge in [-0.05, 0) is 25.0 Å². The number of rotatable bonds is 5. The Kier molecular flexibility index (Phi) is 3.69. The molecule has 0 saturated heterocycles. The molecule has 0 saturated carbocycles. The van der Waals surface area contributed by atoms with E-state index in [-0.39, 0.29) is 18.2 Å². The highest BCUT2D eigenvalue weighted by molar-refractivity contribution is 5.86. The van der Waals surface area contributed by atoms with Gasteiger partial charge in [0.15, 0.2) is 0 Å². The maximum Gasteiger partial charge on any atom is 0.323 e. The summed E-state index contributed by atoms with van der Waals surface area (Å²) in [7, 11) is 0. The van der Waals surface area contributed by atoms with Gasteiger partial charge in [0.1, 0.15) is 12.3 Å². The molecule has 0 spiro atoms. The first kappa shape index (κ1) is 13.3. The van der Waals surface area contributed by atoms with Crippen LogP contribution in [0, 0.1) is 5.92 Å². The Labute approximate surface area is 111 Å². The molecule has 4 nitrogen and oxygen atoms in total. The lowest BCUT2D eigenvalue weighted by Crippen LogP contribution is -2.09. The average molecular weight is 259 g/mol. The zero-order valence-corrected chi connectivity index (χ0v) is 11.1. The summed E-state index contributed by atoms with van der Waals surface area (Å²) in [5, 5.41) is 9.96. The molecule has 2 aromatic rings. The molecular weight excluding hydrogens is 242 g/mol. The van der Waals surface area contributed by atoms with E-state index in [1.54, 1.807) is 11.5 Å². The lowest BCUT2D eigenvalue weighted by atomic mass is 9.98. The monoisotopic (exact) mass is 259 g/mol. The minimum atomic E-state index is -0.869. The maximum atomic E-state index is 11.4. The van der Waals surface area contributed by atoms with Gasteiger partial charge in [-0.1, -0.05) is 25.1 Å². The molecule has 100 valence electrons. The molecule has 2 rings (SSSR count). The molecular formula is C15H17NO3. The van der Waals surface area contributed by atoms with Crippen molar-refractivity contribution in [1.82, 2.24) is 4.57 Å². The minimum Gasteiger partial charge on any atom is -0.480 e. The van der Waals surface area contributed by atoms with Gasteiger partial charge in [-0.25, -0.2) is 0 Å². The van der Waals surface area contributed by atoms with Gasteiger partial charge >= 0.3 is 5.97 Å². The van der Waals surface area contributed by atoms with Gasteiger partial charge in [0.2, 0.25) is 0 Å². The Morgan fingerprint density at radius 3 is 2.63 bits per heavy atom. The van der Waals surface area contributed by atoms with Crippen LogP contribution in [0.25, 0.3) is 10.9 Å². The third-order valence-corrected chi connectivity index (χ3v) is 3.40. The van der Waals surface area contributed by atoms with Crippen LogP contribution in [-0.2, 0) is 22.6 Å². The highest BCUT2D eigenvalue weighted by Gasteiger charge is 2.14. The summed E-state index contributed by atoms with van der Waals surface area (Å²) < 4.78 is 1.72. The number of hydrogen-bond acceptors (Lipinski definition) is 2. The summed E-state index contributed by atoms with van der Waals surface area (Å²) in [4.78, 5) is 22.2. The summed E-state index contributed by atoms with van der Waals surface area (Å²) in [5.41, 5.74) is 1.93. The van der Waals surface area contributed by atoms with Gasteiger partial charge in [0, 0.05) is 23.0 Å². The fourth-order valence-electron chi connectivity index (χ4n) is 2.24. The molecule has 0 aliphatic carbocycles. The highest BCUT2D eigenvalue weighted by atomic mass is 16.4. The Hall–Kier alpha value is -2.10. The SMILES string of the molecule is CC(=O)[C@@H](C)Cc1cn(CC(=O)O)c2ccccc12. The van der Waals surface area contributed by atoms with E-state index in [0.29, 0.717) is 6.42 Å². The van der Waals surface area contributed by atoms with Crippen LogP contribution in [0.15, 0.2) is 30.5 Å². The van der Waals surface area contributed by atoms with E-state index >= 15 is 0 Å². The molecule has 0 aliphatic heterocycles. The van der Waals surface area contributed by atoms with Gasteiger partial charge < -0.3 is 9.67 Å². The molecule has 0 aliphatic rings. The zero-order chi connectivity index (χ0) is 14.0. The van der Waals surface area contributed by atoms with Crippen LogP contribution in [0.2, 0.25) is 0 Å². The Balaban J connectivity index is 2.44. The van der Waals surface area contributed by atoms with E-state index in [2.05, 4.69) is 0 Å². The third kappa shape index (κ3) is 2.84. The average Bonchev–Trinajstić information content (AvgIpc) is 2.67. The number of para-hydroxylation sites is 1. The van der Waals surface area contributed by atoms with Crippen molar-refractivity contribution in [2.75, 3.05) is 0 Å². The number of fused-ring (bicyclic) bond motifs is 1. The van der Waals surface area contributed by atoms with Crippen LogP contribution >= 0.6 is 0 Å². The van der Waals surface area contributed by atoms with E-state index in [1.807, 2.05) is 37.4 Å². The molecule has 1 N–H and O–H groups in total. The van der Waals surface area contributed by atoms with Crippen molar-refractivity contribution in [3.63, 3.8) is 0 Å². The number of aliphatic carboxylic acids is 1. The summed E-state index contributed by atoms with van der Waals surface area (Å²) in [6, 6.07) is 7.68. The molecule has 0 bridgehead atoms. The first-order valence-electron chi connectivity index (χ1n) is 6.28. The van der Waals surface area contributed by atoms with Crippen LogP contribution < -0.4 is 0 Å². The number of carboxylic acids is 1. The summed E-state index contributed by atoms with van der Waals surface area (Å²) in [6.45, 7) is 3.42. The van der Waals surface area contributed by atoms with Crippen molar-refractivity contribution < 1.29 is 14.7 Å². The predicted octanol–water partition coefficient (Wildman–Crippen LogP) is 2.49. The standard InChI is InChI=1S/C15H17NO3/c1-10(11(2)17)7-12-8-16(9-15(18)19)14-6-4-3-5-13(12)14/h3-6,8,10H,7,9H2,1-2H3,(H,18,19)/t10-/m0/s1. The van der Waals surface area contributed by atoms with Crippen LogP contribution in [-0.4, -0.2) is 21.4 Å². The van der Waals surface area contributed by atoms with Crippen molar-refractivity contribution in [1.29, 1.82) is 0 Å². The topological polar surface area (TPSA) is 59.3 Å². The molecule has 4 heteroatoms. The second kappa shape index (κ2) is 5.26. The summed E-state index contributed by atoms with van der Waals surface area (Å²) in [5.74, 6) is -0.772. The molecule has 1 atom stereocenters. The van der Waals surface area contributed by atoms with Crippen LogP contribution in [0.1, 0.15) is 19.4 Å². The van der Waals surface area contributed by atoms with Crippen LogP contribution in [0.5, 0.6) is 0 Å². The third-order valence-electron chi connectivity index (χ3n) is 3.40. The summed E-state index contributed by atoms with van der Waals surface area (Å²) in [6.07, 6.45) is 2.49. The first-order valence-corrected chi connectivity index (χ1v) is 6.28. The first-order chi connectivity index (χ1) is 8.99. The number of hydrogen-bond donors (Lipinski definition) is 1. The van der Waals surface area contributed by atoms with Gasteiger partial charge in [-0.2, -0.15) is 0 Å². The number of Topliss-reactive ketones (excluding diaryl/α,β-unsaturated/α-hetero) is 1. The number of carboxylic acid groups (broad SMARTS) is 1. The number of aromatic nitrogens is 1. The van der Waals surface area contributed by atoms with Gasteiger partial charge in [0.05, 0.1) is 0 Å². The fraction of sp³-hybridized carbons (Fsp3) is 0.333. The molecule has 0 radical (unpaired) electrons. The lowest BCUT2D eigenvalue weighted by Gasteiger charge is -2.05. The van der Waals surface area contributed by atoms with Crippen molar-refractivity contribution >= 4 is 22.7 Å². The normalized spacial score (nSPS) is 12.5. The van der Waals surface area contributed by atoms with Gasteiger partial charge in [-0.3, -0.25) is 9.59 Å². The molecule has 0 amide bonds. The number of ketones is 1. The van der Waals surface area contributed by atoms with E-state index < -0.39 is 5.97 Å². The molecule has 0 unspecified atom stereocenters. The van der Waals surface area contributed by atoms with Crippen LogP contribution in [0.3, 0.4) is 0 Å². The predicted molar refractivity (Wildman–Crippen MR) is 73.1 cm³/mol. The minimum absolute atomic E-state index is 0.0518. The van der Waals surface area contributed by atoms with E-state index in [1.165, 1.54) is 0 Å². The van der Waals surface area contributed by atoms with Gasteiger partial charge in [0.25, 0.3) is 0 Å². The largest absolute Gasteiger partial charge is 0.480 e. The van der Waals surface area contributed by atoms with E-state index in [0.717, 1.165) is 16.5 Å². The van der Waals surface area contributed by atoms with Crippen molar-refractivity contribution in [3.05, 3.63) is 36.0 Å². The highest BCUT2D eigenvalue weighted by Crippen LogP contribution is 2.24. The number of carbonyl (C=O) groups excluding carboxylic acids is 1. The van der Waals surface area contributed by atoms with E-state index in [4.69, 9.17) is 5.11 Å². The van der Waals surface area contributed by atoms with Crippen molar-refractivity contribution in [2.24, 2.45) is 5.92 Å². The second-order valence-electron chi connectivity index (χ2n) is 4.91. The Bertz CT molecular complexity index is 627. The molecule has 1 heterocycles. The zero-order valence-electron chi connectivity index (χ0n) is 11.1. The Morgan fingerprint density at radius 1 is 1.32 bits per heavy atom. The molecule has 19 heavy (non-hydrogen) atoms. The number of benzene rings is 1. The fourth-order valence-corrected chi connectivity index (χ4v) is 2.24. The van der Waals surface area contributed by atoms with Gasteiger partial charge in [-0.15, -0.1) is 0 Å². The second-order valence-corrected chi connectivity index (χ2v) is 4.91. The maximum absolute atomic E-state index is 11.4.